The molecule has 0 saturated heterocycles. The summed E-state index contributed by atoms with van der Waals surface area (Å²) in [5.41, 5.74) is 5.96. The smallest absolute Gasteiger partial charge is 0.276 e. The number of aromatic nitrogens is 2. The summed E-state index contributed by atoms with van der Waals surface area (Å²) in [5.74, 6) is 0.148. The maximum Gasteiger partial charge on any atom is 0.276 e. The highest BCUT2D eigenvalue weighted by atomic mass is 32.2. The van der Waals surface area contributed by atoms with Crippen molar-refractivity contribution >= 4 is 39.2 Å². The van der Waals surface area contributed by atoms with E-state index >= 15 is 0 Å². The highest BCUT2D eigenvalue weighted by molar-refractivity contribution is 7.99. The number of thiophene rings is 1. The Bertz CT molecular complexity index is 1390. The van der Waals surface area contributed by atoms with Gasteiger partial charge in [-0.3, -0.25) is 14.2 Å². The fourth-order valence-electron chi connectivity index (χ4n) is 4.23. The summed E-state index contributed by atoms with van der Waals surface area (Å²) in [6.45, 7) is 3.99. The molecule has 0 bridgehead atoms. The van der Waals surface area contributed by atoms with Gasteiger partial charge in [0.2, 0.25) is 5.91 Å². The van der Waals surface area contributed by atoms with Crippen LogP contribution in [0.5, 0.6) is 0 Å². The van der Waals surface area contributed by atoms with Crippen molar-refractivity contribution in [3.05, 3.63) is 86.5 Å². The van der Waals surface area contributed by atoms with Gasteiger partial charge in [0.05, 0.1) is 23.0 Å². The second kappa shape index (κ2) is 8.56. The zero-order valence-electron chi connectivity index (χ0n) is 17.9. The highest BCUT2D eigenvalue weighted by Gasteiger charge is 2.24. The number of nitrogens with zero attached hydrogens (tertiary/aromatic N) is 2. The first kappa shape index (κ1) is 21.0. The fraction of sp³-hybridized carbons (Fsp3) is 0.240. The van der Waals surface area contributed by atoms with Gasteiger partial charge in [-0.1, -0.05) is 48.2 Å². The Morgan fingerprint density at radius 1 is 1.22 bits per heavy atom. The summed E-state index contributed by atoms with van der Waals surface area (Å²) in [4.78, 5) is 30.9. The largest absolute Gasteiger partial charge is 0.349 e. The van der Waals surface area contributed by atoms with Crippen molar-refractivity contribution in [2.75, 3.05) is 5.75 Å². The Labute approximate surface area is 194 Å². The van der Waals surface area contributed by atoms with Crippen molar-refractivity contribution in [3.63, 3.8) is 0 Å². The second-order valence-corrected chi connectivity index (χ2v) is 9.96. The van der Waals surface area contributed by atoms with Crippen LogP contribution in [0.15, 0.2) is 63.9 Å². The lowest BCUT2D eigenvalue weighted by atomic mass is 10.1. The maximum atomic E-state index is 13.4. The highest BCUT2D eigenvalue weighted by Crippen LogP contribution is 2.31. The first-order valence-corrected chi connectivity index (χ1v) is 12.5. The van der Waals surface area contributed by atoms with Gasteiger partial charge >= 0.3 is 0 Å². The molecule has 4 aromatic rings. The van der Waals surface area contributed by atoms with E-state index in [1.165, 1.54) is 34.2 Å². The number of amides is 1. The van der Waals surface area contributed by atoms with Crippen LogP contribution in [-0.4, -0.2) is 21.2 Å². The Hall–Kier alpha value is -2.90. The molecule has 1 amide bonds. The molecular weight excluding hydrogens is 438 g/mol. The van der Waals surface area contributed by atoms with Crippen LogP contribution < -0.4 is 10.9 Å². The molecule has 5 nitrogen and oxygen atoms in total. The van der Waals surface area contributed by atoms with Crippen LogP contribution in [-0.2, 0) is 11.2 Å². The molecule has 1 atom stereocenters. The normalized spacial score (nSPS) is 15.1. The third-order valence-electron chi connectivity index (χ3n) is 5.86. The van der Waals surface area contributed by atoms with Gasteiger partial charge in [0, 0.05) is 0 Å². The minimum atomic E-state index is -0.0914. The molecule has 1 aliphatic carbocycles. The maximum absolute atomic E-state index is 13.4. The summed E-state index contributed by atoms with van der Waals surface area (Å²) in [7, 11) is 0. The first-order chi connectivity index (χ1) is 15.5. The quantitative estimate of drug-likeness (QED) is 0.337. The molecule has 7 heteroatoms. The number of carbonyl (C=O) groups excluding carboxylic acids is 1. The van der Waals surface area contributed by atoms with Crippen molar-refractivity contribution in [3.8, 4) is 5.69 Å². The molecule has 5 rings (SSSR count). The first-order valence-electron chi connectivity index (χ1n) is 10.6. The number of nitrogens with one attached hydrogen (secondary N) is 1. The predicted octanol–water partition coefficient (Wildman–Crippen LogP) is 4.96. The van der Waals surface area contributed by atoms with Crippen LogP contribution in [0.2, 0.25) is 0 Å². The van der Waals surface area contributed by atoms with Gasteiger partial charge in [-0.2, -0.15) is 0 Å². The lowest BCUT2D eigenvalue weighted by molar-refractivity contribution is -0.119. The molecule has 1 N–H and O–H groups in total. The monoisotopic (exact) mass is 461 g/mol. The van der Waals surface area contributed by atoms with E-state index in [0.29, 0.717) is 15.4 Å². The molecule has 2 aromatic carbocycles. The molecular formula is C25H23N3O2S2. The van der Waals surface area contributed by atoms with Crippen molar-refractivity contribution in [2.24, 2.45) is 0 Å². The van der Waals surface area contributed by atoms with Gasteiger partial charge < -0.3 is 5.32 Å². The van der Waals surface area contributed by atoms with Gasteiger partial charge in [0.25, 0.3) is 5.56 Å². The zero-order valence-corrected chi connectivity index (χ0v) is 19.6. The summed E-state index contributed by atoms with van der Waals surface area (Å²) in [6, 6.07) is 16.2. The lowest BCUT2D eigenvalue weighted by Crippen LogP contribution is -2.29. The summed E-state index contributed by atoms with van der Waals surface area (Å²) in [6.07, 6.45) is 1.90. The van der Waals surface area contributed by atoms with E-state index in [1.807, 2.05) is 55.6 Å². The van der Waals surface area contributed by atoms with Crippen molar-refractivity contribution in [2.45, 2.75) is 37.9 Å². The van der Waals surface area contributed by atoms with Crippen LogP contribution in [0.25, 0.3) is 15.9 Å². The van der Waals surface area contributed by atoms with E-state index in [4.69, 9.17) is 4.98 Å². The van der Waals surface area contributed by atoms with E-state index in [0.717, 1.165) is 29.7 Å². The van der Waals surface area contributed by atoms with Crippen LogP contribution in [0.4, 0.5) is 0 Å². The number of benzene rings is 2. The number of carbonyl (C=O) groups is 1. The molecule has 162 valence electrons. The summed E-state index contributed by atoms with van der Waals surface area (Å²) < 4.78 is 2.28. The minimum absolute atomic E-state index is 0.0489. The summed E-state index contributed by atoms with van der Waals surface area (Å²) >= 11 is 2.70. The molecule has 2 aromatic heterocycles. The van der Waals surface area contributed by atoms with Gasteiger partial charge in [-0.05, 0) is 66.5 Å². The molecule has 0 spiro atoms. The zero-order chi connectivity index (χ0) is 22.2. The van der Waals surface area contributed by atoms with Crippen LogP contribution in [0, 0.1) is 13.8 Å². The average Bonchev–Trinajstić information content (AvgIpc) is 3.42. The molecule has 0 fully saturated rings. The Kier molecular flexibility index (Phi) is 5.61. The van der Waals surface area contributed by atoms with Gasteiger partial charge in [-0.15, -0.1) is 11.3 Å². The third-order valence-corrected chi connectivity index (χ3v) is 7.69. The lowest BCUT2D eigenvalue weighted by Gasteiger charge is -2.16. The van der Waals surface area contributed by atoms with Gasteiger partial charge in [0.15, 0.2) is 5.16 Å². The van der Waals surface area contributed by atoms with E-state index < -0.39 is 0 Å². The Morgan fingerprint density at radius 3 is 2.94 bits per heavy atom. The van der Waals surface area contributed by atoms with Crippen molar-refractivity contribution in [1.82, 2.24) is 14.9 Å². The molecule has 0 aliphatic heterocycles. The molecule has 0 saturated carbocycles. The van der Waals surface area contributed by atoms with Crippen molar-refractivity contribution < 1.29 is 4.79 Å². The van der Waals surface area contributed by atoms with E-state index in [1.54, 1.807) is 4.57 Å². The molecule has 32 heavy (non-hydrogen) atoms. The SMILES string of the molecule is Cc1ccc(C)c(-n2c(SCC(=O)NC3CCc4ccccc43)nc3ccsc3c2=O)c1. The van der Waals surface area contributed by atoms with E-state index in [2.05, 4.69) is 17.4 Å². The number of thioether (sulfide) groups is 1. The minimum Gasteiger partial charge on any atom is -0.349 e. The van der Waals surface area contributed by atoms with E-state index in [9.17, 15) is 9.59 Å². The van der Waals surface area contributed by atoms with Gasteiger partial charge in [0.1, 0.15) is 4.70 Å². The number of hydrogen-bond donors (Lipinski definition) is 1. The van der Waals surface area contributed by atoms with Crippen LogP contribution in [0.1, 0.15) is 34.7 Å². The second-order valence-electron chi connectivity index (χ2n) is 8.11. The average molecular weight is 462 g/mol. The van der Waals surface area contributed by atoms with Crippen molar-refractivity contribution in [1.29, 1.82) is 0 Å². The molecule has 1 aliphatic rings. The molecule has 0 radical (unpaired) electrons. The predicted molar refractivity (Wildman–Crippen MR) is 131 cm³/mol. The fourth-order valence-corrected chi connectivity index (χ4v) is 5.81. The number of hydrogen-bond acceptors (Lipinski definition) is 5. The Morgan fingerprint density at radius 2 is 2.06 bits per heavy atom. The molecule has 1 unspecified atom stereocenters. The summed E-state index contributed by atoms with van der Waals surface area (Å²) in [5, 5.41) is 5.58. The third kappa shape index (κ3) is 3.87. The number of fused-ring (bicyclic) bond motifs is 2. The van der Waals surface area contributed by atoms with Gasteiger partial charge in [-0.25, -0.2) is 4.98 Å². The standard InChI is InChI=1S/C25H23N3O2S2/c1-15-7-8-16(2)21(13-15)28-24(30)23-20(11-12-31-23)27-25(28)32-14-22(29)26-19-10-9-17-5-3-4-6-18(17)19/h3-8,11-13,19H,9-10,14H2,1-2H3,(H,26,29). The Balaban J connectivity index is 1.43. The molecule has 2 heterocycles. The number of rotatable bonds is 5. The van der Waals surface area contributed by atoms with E-state index in [-0.39, 0.29) is 23.3 Å². The number of aryl methyl sites for hydroxylation is 3. The van der Waals surface area contributed by atoms with Crippen LogP contribution >= 0.6 is 23.1 Å². The van der Waals surface area contributed by atoms with Crippen LogP contribution in [0.3, 0.4) is 0 Å². The topological polar surface area (TPSA) is 64.0 Å².